The van der Waals surface area contributed by atoms with E-state index in [-0.39, 0.29) is 5.92 Å². The Balaban J connectivity index is 1.54. The van der Waals surface area contributed by atoms with Gasteiger partial charge in [-0.05, 0) is 104 Å². The summed E-state index contributed by atoms with van der Waals surface area (Å²) in [6.45, 7) is 6.21. The SMILES string of the molecule is Cc1ccc2cc(C3CCC(C4CCC(C)CC4)CC3)c(F)c(F)c2c1C. The lowest BCUT2D eigenvalue weighted by molar-refractivity contribution is 0.164. The van der Waals surface area contributed by atoms with E-state index < -0.39 is 11.6 Å². The molecule has 2 aliphatic rings. The number of fused-ring (bicyclic) bond motifs is 1. The van der Waals surface area contributed by atoms with Crippen LogP contribution in [0.15, 0.2) is 18.2 Å². The van der Waals surface area contributed by atoms with Crippen molar-refractivity contribution in [1.29, 1.82) is 0 Å². The Morgan fingerprint density at radius 1 is 0.778 bits per heavy atom. The molecule has 0 heterocycles. The molecule has 2 aromatic carbocycles. The lowest BCUT2D eigenvalue weighted by Gasteiger charge is -2.37. The maximum absolute atomic E-state index is 14.9. The van der Waals surface area contributed by atoms with Gasteiger partial charge in [0.25, 0.3) is 0 Å². The van der Waals surface area contributed by atoms with Gasteiger partial charge in [-0.25, -0.2) is 8.78 Å². The molecule has 2 aliphatic carbocycles. The highest BCUT2D eigenvalue weighted by Gasteiger charge is 2.32. The zero-order valence-corrected chi connectivity index (χ0v) is 17.0. The van der Waals surface area contributed by atoms with Crippen LogP contribution < -0.4 is 0 Å². The molecular weight excluding hydrogens is 338 g/mol. The molecular formula is C25H32F2. The van der Waals surface area contributed by atoms with Crippen molar-refractivity contribution < 1.29 is 8.78 Å². The standard InChI is InChI=1S/C25H32F2/c1-15-4-7-18(8-5-15)19-10-12-20(13-11-19)22-14-21-9-6-16(2)17(3)23(21)25(27)24(22)26/h6,9,14-15,18-20H,4-5,7-8,10-13H2,1-3H3. The second-order valence-corrected chi connectivity index (χ2v) is 9.33. The normalized spacial score (nSPS) is 29.2. The van der Waals surface area contributed by atoms with Gasteiger partial charge in [-0.1, -0.05) is 31.9 Å². The van der Waals surface area contributed by atoms with E-state index in [2.05, 4.69) is 6.92 Å². The van der Waals surface area contributed by atoms with E-state index in [4.69, 9.17) is 0 Å². The molecule has 0 spiro atoms. The van der Waals surface area contributed by atoms with E-state index >= 15 is 0 Å². The molecule has 0 radical (unpaired) electrons. The monoisotopic (exact) mass is 370 g/mol. The van der Waals surface area contributed by atoms with Crippen molar-refractivity contribution in [3.63, 3.8) is 0 Å². The lowest BCUT2D eigenvalue weighted by atomic mass is 9.68. The highest BCUT2D eigenvalue weighted by molar-refractivity contribution is 5.88. The molecule has 0 amide bonds. The van der Waals surface area contributed by atoms with Crippen LogP contribution in [0, 0.1) is 43.2 Å². The van der Waals surface area contributed by atoms with Crippen molar-refractivity contribution in [3.05, 3.63) is 46.5 Å². The first-order chi connectivity index (χ1) is 13.0. The van der Waals surface area contributed by atoms with Gasteiger partial charge in [0, 0.05) is 5.39 Å². The molecule has 0 atom stereocenters. The van der Waals surface area contributed by atoms with Crippen LogP contribution >= 0.6 is 0 Å². The van der Waals surface area contributed by atoms with Crippen LogP contribution in [-0.2, 0) is 0 Å². The smallest absolute Gasteiger partial charge is 0.167 e. The third-order valence-electron chi connectivity index (χ3n) is 7.68. The van der Waals surface area contributed by atoms with Crippen molar-refractivity contribution in [3.8, 4) is 0 Å². The molecule has 0 aromatic heterocycles. The van der Waals surface area contributed by atoms with Crippen LogP contribution in [0.4, 0.5) is 8.78 Å². The molecule has 2 saturated carbocycles. The first-order valence-corrected chi connectivity index (χ1v) is 10.8. The average Bonchev–Trinajstić information content (AvgIpc) is 2.68. The fraction of sp³-hybridized carbons (Fsp3) is 0.600. The molecule has 2 fully saturated rings. The summed E-state index contributed by atoms with van der Waals surface area (Å²) in [6.07, 6.45) is 9.84. The fourth-order valence-corrected chi connectivity index (χ4v) is 5.67. The topological polar surface area (TPSA) is 0 Å². The third kappa shape index (κ3) is 3.52. The fourth-order valence-electron chi connectivity index (χ4n) is 5.67. The Morgan fingerprint density at radius 2 is 1.37 bits per heavy atom. The van der Waals surface area contributed by atoms with Crippen molar-refractivity contribution in [2.75, 3.05) is 0 Å². The van der Waals surface area contributed by atoms with E-state index in [0.717, 1.165) is 47.1 Å². The van der Waals surface area contributed by atoms with Crippen LogP contribution in [0.1, 0.15) is 80.9 Å². The highest BCUT2D eigenvalue weighted by atomic mass is 19.2. The van der Waals surface area contributed by atoms with Crippen LogP contribution in [0.3, 0.4) is 0 Å². The van der Waals surface area contributed by atoms with Gasteiger partial charge in [0.15, 0.2) is 11.6 Å². The Morgan fingerprint density at radius 3 is 2.00 bits per heavy atom. The minimum atomic E-state index is -0.646. The summed E-state index contributed by atoms with van der Waals surface area (Å²) in [7, 11) is 0. The maximum atomic E-state index is 14.9. The van der Waals surface area contributed by atoms with Gasteiger partial charge in [-0.3, -0.25) is 0 Å². The molecule has 0 nitrogen and oxygen atoms in total. The molecule has 2 aromatic rings. The van der Waals surface area contributed by atoms with Crippen molar-refractivity contribution >= 4 is 10.8 Å². The van der Waals surface area contributed by atoms with E-state index in [1.54, 1.807) is 0 Å². The molecule has 4 rings (SSSR count). The Kier molecular flexibility index (Phi) is 5.27. The summed E-state index contributed by atoms with van der Waals surface area (Å²) in [4.78, 5) is 0. The predicted octanol–water partition coefficient (Wildman–Crippen LogP) is 7.83. The molecule has 0 N–H and O–H groups in total. The van der Waals surface area contributed by atoms with Gasteiger partial charge in [-0.2, -0.15) is 0 Å². The summed E-state index contributed by atoms with van der Waals surface area (Å²) < 4.78 is 29.8. The molecule has 146 valence electrons. The zero-order chi connectivity index (χ0) is 19.1. The third-order valence-corrected chi connectivity index (χ3v) is 7.68. The van der Waals surface area contributed by atoms with E-state index in [1.165, 1.54) is 38.5 Å². The molecule has 0 unspecified atom stereocenters. The molecule has 2 heteroatoms. The Bertz CT molecular complexity index is 822. The van der Waals surface area contributed by atoms with Crippen molar-refractivity contribution in [2.24, 2.45) is 17.8 Å². The maximum Gasteiger partial charge on any atom is 0.167 e. The lowest BCUT2D eigenvalue weighted by Crippen LogP contribution is -2.25. The van der Waals surface area contributed by atoms with Crippen molar-refractivity contribution in [2.45, 2.75) is 78.1 Å². The zero-order valence-electron chi connectivity index (χ0n) is 17.0. The quantitative estimate of drug-likeness (QED) is 0.505. The number of hydrogen-bond acceptors (Lipinski definition) is 0. The minimum absolute atomic E-state index is 0.171. The average molecular weight is 371 g/mol. The summed E-state index contributed by atoms with van der Waals surface area (Å²) in [6, 6.07) is 5.88. The highest BCUT2D eigenvalue weighted by Crippen LogP contribution is 2.45. The number of benzene rings is 2. The van der Waals surface area contributed by atoms with Gasteiger partial charge in [0.2, 0.25) is 0 Å². The second-order valence-electron chi connectivity index (χ2n) is 9.33. The number of aryl methyl sites for hydroxylation is 2. The molecule has 0 bridgehead atoms. The van der Waals surface area contributed by atoms with E-state index in [9.17, 15) is 8.78 Å². The predicted molar refractivity (Wildman–Crippen MR) is 109 cm³/mol. The minimum Gasteiger partial charge on any atom is -0.203 e. The summed E-state index contributed by atoms with van der Waals surface area (Å²) in [5, 5.41) is 1.30. The number of halogens is 2. The Hall–Kier alpha value is -1.44. The summed E-state index contributed by atoms with van der Waals surface area (Å²) in [5.74, 6) is 1.47. The Labute approximate surface area is 162 Å². The van der Waals surface area contributed by atoms with E-state index in [1.807, 2.05) is 32.0 Å². The number of rotatable bonds is 2. The summed E-state index contributed by atoms with van der Waals surface area (Å²) in [5.41, 5.74) is 2.47. The van der Waals surface area contributed by atoms with E-state index in [0.29, 0.717) is 10.9 Å². The van der Waals surface area contributed by atoms with Gasteiger partial charge in [-0.15, -0.1) is 0 Å². The van der Waals surface area contributed by atoms with Gasteiger partial charge >= 0.3 is 0 Å². The van der Waals surface area contributed by atoms with Crippen LogP contribution in [0.5, 0.6) is 0 Å². The molecule has 0 saturated heterocycles. The molecule has 27 heavy (non-hydrogen) atoms. The van der Waals surface area contributed by atoms with Crippen LogP contribution in [-0.4, -0.2) is 0 Å². The van der Waals surface area contributed by atoms with Crippen LogP contribution in [0.2, 0.25) is 0 Å². The largest absolute Gasteiger partial charge is 0.203 e. The van der Waals surface area contributed by atoms with Crippen molar-refractivity contribution in [1.82, 2.24) is 0 Å². The van der Waals surface area contributed by atoms with Crippen LogP contribution in [0.25, 0.3) is 10.8 Å². The first kappa shape index (κ1) is 18.9. The second kappa shape index (κ2) is 7.53. The van der Waals surface area contributed by atoms with Gasteiger partial charge < -0.3 is 0 Å². The van der Waals surface area contributed by atoms with Gasteiger partial charge in [0.1, 0.15) is 0 Å². The summed E-state index contributed by atoms with van der Waals surface area (Å²) >= 11 is 0. The van der Waals surface area contributed by atoms with Gasteiger partial charge in [0.05, 0.1) is 0 Å². The molecule has 0 aliphatic heterocycles. The number of hydrogen-bond donors (Lipinski definition) is 0. The first-order valence-electron chi connectivity index (χ1n) is 10.8.